The Kier molecular flexibility index (Phi) is 3.52. The van der Waals surface area contributed by atoms with E-state index in [9.17, 15) is 4.79 Å². The van der Waals surface area contributed by atoms with Crippen molar-refractivity contribution in [3.05, 3.63) is 24.0 Å². The summed E-state index contributed by atoms with van der Waals surface area (Å²) in [5, 5.41) is 0. The first-order chi connectivity index (χ1) is 8.15. The van der Waals surface area contributed by atoms with Crippen molar-refractivity contribution in [2.24, 2.45) is 5.92 Å². The van der Waals surface area contributed by atoms with Gasteiger partial charge in [0.05, 0.1) is 6.04 Å². The molecule has 1 atom stereocenters. The zero-order chi connectivity index (χ0) is 12.4. The number of carbonyl (C=O) groups excluding carboxylic acids is 1. The molecule has 0 saturated heterocycles. The lowest BCUT2D eigenvalue weighted by molar-refractivity contribution is -0.140. The highest BCUT2D eigenvalue weighted by Gasteiger charge is 2.32. The van der Waals surface area contributed by atoms with Gasteiger partial charge in [0.15, 0.2) is 0 Å². The molecule has 0 bridgehead atoms. The van der Waals surface area contributed by atoms with Crippen molar-refractivity contribution in [1.29, 1.82) is 0 Å². The molecule has 17 heavy (non-hydrogen) atoms. The predicted molar refractivity (Wildman–Crippen MR) is 65.6 cm³/mol. The fraction of sp³-hybridized carbons (Fsp3) is 0.615. The van der Waals surface area contributed by atoms with Crippen LogP contribution in [0.4, 0.5) is 0 Å². The lowest BCUT2D eigenvalue weighted by Gasteiger charge is -2.39. The highest BCUT2D eigenvalue weighted by Crippen LogP contribution is 2.32. The van der Waals surface area contributed by atoms with E-state index in [0.717, 1.165) is 13.1 Å². The number of carbonyl (C=O) groups is 1. The fourth-order valence-corrected chi connectivity index (χ4v) is 2.60. The second kappa shape index (κ2) is 4.92. The molecule has 4 heteroatoms. The van der Waals surface area contributed by atoms with Crippen LogP contribution in [0.2, 0.25) is 0 Å². The zero-order valence-electron chi connectivity index (χ0n) is 10.7. The number of hydrogen-bond acceptors (Lipinski definition) is 2. The van der Waals surface area contributed by atoms with Crippen LogP contribution in [-0.2, 0) is 16.1 Å². The molecule has 1 aliphatic rings. The Bertz CT molecular complexity index is 398. The van der Waals surface area contributed by atoms with Gasteiger partial charge in [-0.2, -0.15) is 0 Å². The summed E-state index contributed by atoms with van der Waals surface area (Å²) in [5.41, 5.74) is 1.23. The summed E-state index contributed by atoms with van der Waals surface area (Å²) in [4.78, 5) is 14.0. The molecule has 2 heterocycles. The summed E-state index contributed by atoms with van der Waals surface area (Å²) in [6.45, 7) is 6.12. The van der Waals surface area contributed by atoms with Crippen molar-refractivity contribution in [2.75, 3.05) is 20.3 Å². The standard InChI is InChI=1S/C13H20N2O2/c1-10(2)13-11-5-4-6-14(11)7-8-15(13)12(16)9-17-3/h4-6,10,13H,7-9H2,1-3H3/t13-/m0/s1. The van der Waals surface area contributed by atoms with Crippen LogP contribution in [0.15, 0.2) is 18.3 Å². The van der Waals surface area contributed by atoms with Crippen LogP contribution in [0.25, 0.3) is 0 Å². The number of methoxy groups -OCH3 is 1. The van der Waals surface area contributed by atoms with Crippen LogP contribution in [-0.4, -0.2) is 35.6 Å². The lowest BCUT2D eigenvalue weighted by Crippen LogP contribution is -2.45. The predicted octanol–water partition coefficient (Wildman–Crippen LogP) is 1.67. The van der Waals surface area contributed by atoms with Gasteiger partial charge in [0.25, 0.3) is 0 Å². The summed E-state index contributed by atoms with van der Waals surface area (Å²) in [5.74, 6) is 0.489. The summed E-state index contributed by atoms with van der Waals surface area (Å²) in [6.07, 6.45) is 2.09. The number of nitrogens with zero attached hydrogens (tertiary/aromatic N) is 2. The average Bonchev–Trinajstić information content (AvgIpc) is 2.75. The number of aromatic nitrogens is 1. The van der Waals surface area contributed by atoms with E-state index in [0.29, 0.717) is 5.92 Å². The van der Waals surface area contributed by atoms with Crippen molar-refractivity contribution in [1.82, 2.24) is 9.47 Å². The summed E-state index contributed by atoms with van der Waals surface area (Å²) in [6, 6.07) is 4.33. The van der Waals surface area contributed by atoms with E-state index in [1.54, 1.807) is 7.11 Å². The second-order valence-corrected chi connectivity index (χ2v) is 4.84. The molecule has 0 N–H and O–H groups in total. The van der Waals surface area contributed by atoms with E-state index in [1.807, 2.05) is 4.90 Å². The Morgan fingerprint density at radius 3 is 2.94 bits per heavy atom. The van der Waals surface area contributed by atoms with Gasteiger partial charge >= 0.3 is 0 Å². The highest BCUT2D eigenvalue weighted by atomic mass is 16.5. The van der Waals surface area contributed by atoms with Gasteiger partial charge in [-0.15, -0.1) is 0 Å². The minimum absolute atomic E-state index is 0.0821. The minimum Gasteiger partial charge on any atom is -0.375 e. The monoisotopic (exact) mass is 236 g/mol. The van der Waals surface area contributed by atoms with E-state index < -0.39 is 0 Å². The van der Waals surface area contributed by atoms with Gasteiger partial charge in [-0.1, -0.05) is 13.8 Å². The molecule has 1 amide bonds. The molecular weight excluding hydrogens is 216 g/mol. The van der Waals surface area contributed by atoms with Crippen LogP contribution in [0.3, 0.4) is 0 Å². The first kappa shape index (κ1) is 12.2. The van der Waals surface area contributed by atoms with Crippen molar-refractivity contribution < 1.29 is 9.53 Å². The Hall–Kier alpha value is -1.29. The molecule has 1 aliphatic heterocycles. The van der Waals surface area contributed by atoms with Gasteiger partial charge in [0.1, 0.15) is 6.61 Å². The van der Waals surface area contributed by atoms with Crippen LogP contribution in [0, 0.1) is 5.92 Å². The first-order valence-electron chi connectivity index (χ1n) is 6.08. The Morgan fingerprint density at radius 2 is 2.29 bits per heavy atom. The van der Waals surface area contributed by atoms with Crippen LogP contribution in [0.5, 0.6) is 0 Å². The number of ether oxygens (including phenoxy) is 1. The van der Waals surface area contributed by atoms with Crippen LogP contribution < -0.4 is 0 Å². The maximum atomic E-state index is 12.0. The SMILES string of the molecule is COCC(=O)N1CCn2cccc2[C@@H]1C(C)C. The number of fused-ring (bicyclic) bond motifs is 1. The van der Waals surface area contributed by atoms with Crippen LogP contribution >= 0.6 is 0 Å². The topological polar surface area (TPSA) is 34.5 Å². The second-order valence-electron chi connectivity index (χ2n) is 4.84. The minimum atomic E-state index is 0.0821. The van der Waals surface area contributed by atoms with Crippen molar-refractivity contribution in [3.63, 3.8) is 0 Å². The molecule has 0 spiro atoms. The molecule has 0 radical (unpaired) electrons. The maximum absolute atomic E-state index is 12.0. The van der Waals surface area contributed by atoms with Gasteiger partial charge < -0.3 is 14.2 Å². The molecule has 1 aromatic heterocycles. The van der Waals surface area contributed by atoms with Crippen molar-refractivity contribution in [3.8, 4) is 0 Å². The van der Waals surface area contributed by atoms with E-state index in [2.05, 4.69) is 36.7 Å². The average molecular weight is 236 g/mol. The van der Waals surface area contributed by atoms with E-state index in [4.69, 9.17) is 4.74 Å². The summed E-state index contributed by atoms with van der Waals surface area (Å²) < 4.78 is 7.19. The van der Waals surface area contributed by atoms with Gasteiger partial charge in [0, 0.05) is 32.1 Å². The Balaban J connectivity index is 2.27. The number of hydrogen-bond donors (Lipinski definition) is 0. The zero-order valence-corrected chi connectivity index (χ0v) is 10.7. The Morgan fingerprint density at radius 1 is 1.53 bits per heavy atom. The van der Waals surface area contributed by atoms with E-state index in [-0.39, 0.29) is 18.6 Å². The van der Waals surface area contributed by atoms with Gasteiger partial charge in [-0.05, 0) is 18.1 Å². The molecule has 0 saturated carbocycles. The van der Waals surface area contributed by atoms with Crippen LogP contribution in [0.1, 0.15) is 25.6 Å². The number of amides is 1. The van der Waals surface area contributed by atoms with Crippen molar-refractivity contribution >= 4 is 5.91 Å². The molecule has 4 nitrogen and oxygen atoms in total. The quantitative estimate of drug-likeness (QED) is 0.800. The maximum Gasteiger partial charge on any atom is 0.249 e. The molecule has 0 unspecified atom stereocenters. The third kappa shape index (κ3) is 2.22. The number of rotatable bonds is 3. The molecule has 94 valence electrons. The van der Waals surface area contributed by atoms with Gasteiger partial charge in [0.2, 0.25) is 5.91 Å². The first-order valence-corrected chi connectivity index (χ1v) is 6.08. The fourth-order valence-electron chi connectivity index (χ4n) is 2.60. The van der Waals surface area contributed by atoms with Gasteiger partial charge in [-0.25, -0.2) is 0 Å². The molecule has 2 rings (SSSR count). The Labute approximate surface area is 102 Å². The smallest absolute Gasteiger partial charge is 0.249 e. The molecular formula is C13H20N2O2. The summed E-state index contributed by atoms with van der Waals surface area (Å²) in [7, 11) is 1.56. The van der Waals surface area contributed by atoms with Gasteiger partial charge in [-0.3, -0.25) is 4.79 Å². The molecule has 0 aliphatic carbocycles. The van der Waals surface area contributed by atoms with Crippen molar-refractivity contribution in [2.45, 2.75) is 26.4 Å². The third-order valence-corrected chi connectivity index (χ3v) is 3.30. The molecule has 1 aromatic rings. The normalized spacial score (nSPS) is 19.5. The molecule has 0 fully saturated rings. The largest absolute Gasteiger partial charge is 0.375 e. The summed E-state index contributed by atoms with van der Waals surface area (Å²) >= 11 is 0. The van der Waals surface area contributed by atoms with E-state index >= 15 is 0 Å². The van der Waals surface area contributed by atoms with E-state index in [1.165, 1.54) is 5.69 Å². The highest BCUT2D eigenvalue weighted by molar-refractivity contribution is 5.78. The lowest BCUT2D eigenvalue weighted by atomic mass is 9.97. The molecule has 0 aromatic carbocycles. The third-order valence-electron chi connectivity index (χ3n) is 3.30.